The van der Waals surface area contributed by atoms with Crippen molar-refractivity contribution in [1.29, 1.82) is 0 Å². The van der Waals surface area contributed by atoms with Crippen LogP contribution in [0.2, 0.25) is 0 Å². The highest BCUT2D eigenvalue weighted by Crippen LogP contribution is 2.27. The Bertz CT molecular complexity index is 1100. The first-order chi connectivity index (χ1) is 13.7. The Hall–Kier alpha value is -3.67. The summed E-state index contributed by atoms with van der Waals surface area (Å²) < 4.78 is 13.3. The van der Waals surface area contributed by atoms with Gasteiger partial charge in [0.05, 0.1) is 16.8 Å². The Morgan fingerprint density at radius 3 is 2.79 bits per heavy atom. The normalized spacial score (nSPS) is 11.3. The second kappa shape index (κ2) is 7.92. The first-order valence-corrected chi connectivity index (χ1v) is 8.96. The van der Waals surface area contributed by atoms with Crippen molar-refractivity contribution in [1.82, 2.24) is 9.97 Å². The maximum Gasteiger partial charge on any atom is 0.198 e. The summed E-state index contributed by atoms with van der Waals surface area (Å²) in [7, 11) is 0. The van der Waals surface area contributed by atoms with E-state index < -0.39 is 0 Å². The molecule has 0 aliphatic carbocycles. The van der Waals surface area contributed by atoms with Crippen LogP contribution in [0.1, 0.15) is 11.1 Å². The lowest BCUT2D eigenvalue weighted by Gasteiger charge is -2.06. The third-order valence-corrected chi connectivity index (χ3v) is 4.46. The molecule has 2 aromatic carbocycles. The number of nitrogens with zero attached hydrogens (tertiary/aromatic N) is 2. The maximum absolute atomic E-state index is 13.3. The van der Waals surface area contributed by atoms with E-state index in [4.69, 9.17) is 0 Å². The van der Waals surface area contributed by atoms with E-state index in [2.05, 4.69) is 26.3 Å². The number of benzene rings is 2. The van der Waals surface area contributed by atoms with Crippen LogP contribution in [0.15, 0.2) is 72.0 Å². The number of hydrogen-bond acceptors (Lipinski definition) is 4. The zero-order chi connectivity index (χ0) is 19.3. The molecule has 0 unspecified atom stereocenters. The van der Waals surface area contributed by atoms with E-state index in [0.29, 0.717) is 11.1 Å². The lowest BCUT2D eigenvalue weighted by Crippen LogP contribution is -2.04. The number of H-pyrrole nitrogens is 1. The number of aromatic amines is 1. The number of hydrogen-bond donors (Lipinski definition) is 3. The molecule has 0 aliphatic rings. The summed E-state index contributed by atoms with van der Waals surface area (Å²) in [4.78, 5) is 11.3. The van der Waals surface area contributed by atoms with Gasteiger partial charge in [-0.05, 0) is 60.5 Å². The van der Waals surface area contributed by atoms with Crippen LogP contribution < -0.4 is 5.32 Å². The van der Waals surface area contributed by atoms with Crippen molar-refractivity contribution in [2.24, 2.45) is 4.99 Å². The Morgan fingerprint density at radius 1 is 1.14 bits per heavy atom. The minimum absolute atomic E-state index is 0.0296. The molecule has 4 rings (SSSR count). The summed E-state index contributed by atoms with van der Waals surface area (Å²) >= 11 is 0. The van der Waals surface area contributed by atoms with Crippen LogP contribution in [0.5, 0.6) is 5.88 Å². The van der Waals surface area contributed by atoms with Gasteiger partial charge in [0.2, 0.25) is 0 Å². The first kappa shape index (κ1) is 17.7. The fourth-order valence-corrected chi connectivity index (χ4v) is 3.01. The van der Waals surface area contributed by atoms with Gasteiger partial charge in [-0.1, -0.05) is 6.07 Å². The zero-order valence-electron chi connectivity index (χ0n) is 15.1. The number of anilines is 1. The fraction of sp³-hybridized carbons (Fsp3) is 0.0909. The molecule has 0 bridgehead atoms. The van der Waals surface area contributed by atoms with E-state index in [1.165, 1.54) is 17.7 Å². The van der Waals surface area contributed by atoms with Crippen LogP contribution in [-0.4, -0.2) is 27.8 Å². The van der Waals surface area contributed by atoms with Crippen molar-refractivity contribution in [2.75, 3.05) is 11.9 Å². The number of aliphatic imine (C=N–C) groups is 1. The smallest absolute Gasteiger partial charge is 0.198 e. The SMILES string of the molecule is Oc1[nH]c2cc(F)ccc2c1C=Nc1ccc(NCCc2cccnc2)cc1. The molecular formula is C22H19FN4O. The molecule has 5 nitrogen and oxygen atoms in total. The lowest BCUT2D eigenvalue weighted by molar-refractivity contribution is 0.457. The lowest BCUT2D eigenvalue weighted by atomic mass is 10.2. The summed E-state index contributed by atoms with van der Waals surface area (Å²) in [5.74, 6) is -0.387. The average molecular weight is 374 g/mol. The van der Waals surface area contributed by atoms with Gasteiger partial charge in [0, 0.05) is 36.2 Å². The molecule has 4 aromatic rings. The molecule has 2 aromatic heterocycles. The topological polar surface area (TPSA) is 73.3 Å². The molecule has 28 heavy (non-hydrogen) atoms. The number of aromatic nitrogens is 2. The molecule has 140 valence electrons. The first-order valence-electron chi connectivity index (χ1n) is 8.96. The van der Waals surface area contributed by atoms with Crippen molar-refractivity contribution in [3.63, 3.8) is 0 Å². The Morgan fingerprint density at radius 2 is 2.00 bits per heavy atom. The molecule has 2 heterocycles. The molecule has 6 heteroatoms. The Kier molecular flexibility index (Phi) is 5.01. The number of nitrogens with one attached hydrogen (secondary N) is 2. The molecule has 0 radical (unpaired) electrons. The third-order valence-electron chi connectivity index (χ3n) is 4.46. The predicted molar refractivity (Wildman–Crippen MR) is 110 cm³/mol. The van der Waals surface area contributed by atoms with Crippen molar-refractivity contribution in [3.8, 4) is 5.88 Å². The van der Waals surface area contributed by atoms with Crippen LogP contribution in [-0.2, 0) is 6.42 Å². The fourth-order valence-electron chi connectivity index (χ4n) is 3.01. The van der Waals surface area contributed by atoms with Gasteiger partial charge in [-0.3, -0.25) is 9.98 Å². The quantitative estimate of drug-likeness (QED) is 0.424. The summed E-state index contributed by atoms with van der Waals surface area (Å²) in [6.07, 6.45) is 6.11. The predicted octanol–water partition coefficient (Wildman–Crippen LogP) is 4.81. The van der Waals surface area contributed by atoms with E-state index in [9.17, 15) is 9.50 Å². The standard InChI is InChI=1S/C22H19FN4O/c23-16-3-8-19-20(22(28)27-21(19)12-16)14-26-18-6-4-17(5-7-18)25-11-9-15-2-1-10-24-13-15/h1-8,10,12-14,25,27-28H,9,11H2. The Balaban J connectivity index is 1.41. The maximum atomic E-state index is 13.3. The van der Waals surface area contributed by atoms with Gasteiger partial charge < -0.3 is 15.4 Å². The van der Waals surface area contributed by atoms with E-state index in [-0.39, 0.29) is 11.7 Å². The van der Waals surface area contributed by atoms with Gasteiger partial charge in [0.1, 0.15) is 5.82 Å². The van der Waals surface area contributed by atoms with E-state index in [1.54, 1.807) is 18.5 Å². The Labute approximate surface area is 161 Å². The van der Waals surface area contributed by atoms with E-state index in [1.807, 2.05) is 36.5 Å². The average Bonchev–Trinajstić information content (AvgIpc) is 3.02. The molecule has 0 amide bonds. The minimum atomic E-state index is -0.358. The highest BCUT2D eigenvalue weighted by Gasteiger charge is 2.09. The summed E-state index contributed by atoms with van der Waals surface area (Å²) in [5, 5.41) is 14.1. The molecule has 0 atom stereocenters. The van der Waals surface area contributed by atoms with Crippen LogP contribution in [0, 0.1) is 5.82 Å². The van der Waals surface area contributed by atoms with Crippen molar-refractivity contribution < 1.29 is 9.50 Å². The van der Waals surface area contributed by atoms with Gasteiger partial charge in [-0.2, -0.15) is 0 Å². The van der Waals surface area contributed by atoms with Gasteiger partial charge >= 0.3 is 0 Å². The zero-order valence-corrected chi connectivity index (χ0v) is 15.1. The molecule has 0 saturated carbocycles. The van der Waals surface area contributed by atoms with E-state index >= 15 is 0 Å². The number of aromatic hydroxyl groups is 1. The molecule has 0 saturated heterocycles. The van der Waals surface area contributed by atoms with Gasteiger partial charge in [-0.25, -0.2) is 4.39 Å². The van der Waals surface area contributed by atoms with Gasteiger partial charge in [0.15, 0.2) is 5.88 Å². The minimum Gasteiger partial charge on any atom is -0.494 e. The summed E-state index contributed by atoms with van der Waals surface area (Å²) in [5.41, 5.74) is 4.03. The molecule has 0 aliphatic heterocycles. The molecule has 0 fully saturated rings. The van der Waals surface area contributed by atoms with Crippen molar-refractivity contribution >= 4 is 28.5 Å². The number of fused-ring (bicyclic) bond motifs is 1. The van der Waals surface area contributed by atoms with Gasteiger partial charge in [0.25, 0.3) is 0 Å². The monoisotopic (exact) mass is 374 g/mol. The number of pyridine rings is 1. The summed E-state index contributed by atoms with van der Waals surface area (Å²) in [6, 6.07) is 16.0. The van der Waals surface area contributed by atoms with Crippen LogP contribution in [0.4, 0.5) is 15.8 Å². The van der Waals surface area contributed by atoms with Crippen LogP contribution in [0.25, 0.3) is 10.9 Å². The summed E-state index contributed by atoms with van der Waals surface area (Å²) in [6.45, 7) is 0.814. The van der Waals surface area contributed by atoms with Gasteiger partial charge in [-0.15, -0.1) is 0 Å². The largest absolute Gasteiger partial charge is 0.494 e. The third kappa shape index (κ3) is 4.01. The highest BCUT2D eigenvalue weighted by atomic mass is 19.1. The second-order valence-electron chi connectivity index (χ2n) is 6.42. The van der Waals surface area contributed by atoms with Crippen LogP contribution >= 0.6 is 0 Å². The molecular weight excluding hydrogens is 355 g/mol. The molecule has 0 spiro atoms. The second-order valence-corrected chi connectivity index (χ2v) is 6.42. The van der Waals surface area contributed by atoms with Crippen molar-refractivity contribution in [2.45, 2.75) is 6.42 Å². The van der Waals surface area contributed by atoms with Crippen LogP contribution in [0.3, 0.4) is 0 Å². The number of rotatable bonds is 6. The van der Waals surface area contributed by atoms with Crippen molar-refractivity contribution in [3.05, 3.63) is 83.9 Å². The number of halogens is 1. The highest BCUT2D eigenvalue weighted by molar-refractivity contribution is 6.02. The molecule has 3 N–H and O–H groups in total. The van der Waals surface area contributed by atoms with E-state index in [0.717, 1.165) is 29.7 Å².